The molecular formula is C16H23NO2. The van der Waals surface area contributed by atoms with Crippen molar-refractivity contribution in [3.05, 3.63) is 23.8 Å². The zero-order chi connectivity index (χ0) is 14.1. The number of rotatable bonds is 7. The minimum absolute atomic E-state index is 0.467. The molecule has 1 aromatic rings. The van der Waals surface area contributed by atoms with Crippen molar-refractivity contribution in [1.29, 1.82) is 0 Å². The lowest BCUT2D eigenvalue weighted by atomic mass is 10.2. The molecule has 0 saturated heterocycles. The largest absolute Gasteiger partial charge is 0.493 e. The molecule has 104 valence electrons. The van der Waals surface area contributed by atoms with Gasteiger partial charge in [0.2, 0.25) is 0 Å². The Morgan fingerprint density at radius 1 is 1.26 bits per heavy atom. The van der Waals surface area contributed by atoms with Crippen LogP contribution in [-0.4, -0.2) is 19.8 Å². The summed E-state index contributed by atoms with van der Waals surface area (Å²) in [4.78, 5) is 0. The number of benzene rings is 1. The van der Waals surface area contributed by atoms with Crippen molar-refractivity contribution >= 4 is 0 Å². The van der Waals surface area contributed by atoms with Crippen molar-refractivity contribution in [2.24, 2.45) is 0 Å². The van der Waals surface area contributed by atoms with E-state index in [1.54, 1.807) is 7.11 Å². The Bertz CT molecular complexity index is 444. The van der Waals surface area contributed by atoms with Crippen LogP contribution < -0.4 is 14.8 Å². The predicted octanol–water partition coefficient (Wildman–Crippen LogP) is 2.99. The molecule has 0 fully saturated rings. The molecule has 0 aliphatic rings. The number of hydrogen-bond donors (Lipinski definition) is 1. The molecule has 0 bridgehead atoms. The highest BCUT2D eigenvalue weighted by Crippen LogP contribution is 2.28. The Morgan fingerprint density at radius 3 is 2.68 bits per heavy atom. The number of nitrogens with one attached hydrogen (secondary N) is 1. The zero-order valence-corrected chi connectivity index (χ0v) is 12.2. The van der Waals surface area contributed by atoms with E-state index in [-0.39, 0.29) is 0 Å². The van der Waals surface area contributed by atoms with Crippen LogP contribution in [0, 0.1) is 11.8 Å². The third-order valence-electron chi connectivity index (χ3n) is 2.60. The second-order valence-corrected chi connectivity index (χ2v) is 4.55. The van der Waals surface area contributed by atoms with Gasteiger partial charge in [0.1, 0.15) is 0 Å². The molecule has 0 aromatic heterocycles. The molecular weight excluding hydrogens is 238 g/mol. The summed E-state index contributed by atoms with van der Waals surface area (Å²) in [6, 6.07) is 6.49. The van der Waals surface area contributed by atoms with E-state index in [1.807, 2.05) is 19.1 Å². The third-order valence-corrected chi connectivity index (χ3v) is 2.60. The van der Waals surface area contributed by atoms with Crippen LogP contribution in [0.3, 0.4) is 0 Å². The van der Waals surface area contributed by atoms with Crippen molar-refractivity contribution < 1.29 is 9.47 Å². The summed E-state index contributed by atoms with van der Waals surface area (Å²) in [6.45, 7) is 7.50. The van der Waals surface area contributed by atoms with E-state index >= 15 is 0 Å². The van der Waals surface area contributed by atoms with E-state index in [4.69, 9.17) is 9.47 Å². The van der Waals surface area contributed by atoms with E-state index in [0.717, 1.165) is 24.5 Å². The number of ether oxygens (including phenoxy) is 2. The van der Waals surface area contributed by atoms with Crippen molar-refractivity contribution in [1.82, 2.24) is 5.32 Å². The fourth-order valence-corrected chi connectivity index (χ4v) is 1.60. The van der Waals surface area contributed by atoms with Gasteiger partial charge in [-0.2, -0.15) is 0 Å². The van der Waals surface area contributed by atoms with Crippen LogP contribution >= 0.6 is 0 Å². The van der Waals surface area contributed by atoms with Crippen LogP contribution in [0.1, 0.15) is 32.8 Å². The molecule has 0 radical (unpaired) electrons. The maximum atomic E-state index is 5.66. The smallest absolute Gasteiger partial charge is 0.161 e. The minimum atomic E-state index is 0.467. The summed E-state index contributed by atoms with van der Waals surface area (Å²) in [5.41, 5.74) is 1.19. The van der Waals surface area contributed by atoms with Crippen molar-refractivity contribution in [3.63, 3.8) is 0 Å². The van der Waals surface area contributed by atoms with Gasteiger partial charge >= 0.3 is 0 Å². The molecule has 0 atom stereocenters. The summed E-state index contributed by atoms with van der Waals surface area (Å²) in [7, 11) is 1.66. The molecule has 0 heterocycles. The maximum absolute atomic E-state index is 5.66. The van der Waals surface area contributed by atoms with E-state index in [2.05, 4.69) is 37.1 Å². The molecule has 3 heteroatoms. The van der Waals surface area contributed by atoms with Gasteiger partial charge in [-0.05, 0) is 24.6 Å². The quantitative estimate of drug-likeness (QED) is 0.604. The number of methoxy groups -OCH3 is 1. The Labute approximate surface area is 116 Å². The van der Waals surface area contributed by atoms with Gasteiger partial charge in [-0.15, -0.1) is 11.8 Å². The molecule has 1 rings (SSSR count). The van der Waals surface area contributed by atoms with Crippen molar-refractivity contribution in [3.8, 4) is 23.3 Å². The Balaban J connectivity index is 2.63. The highest BCUT2D eigenvalue weighted by atomic mass is 16.5. The molecule has 0 amide bonds. The lowest BCUT2D eigenvalue weighted by molar-refractivity contribution is 0.301. The zero-order valence-electron chi connectivity index (χ0n) is 12.2. The van der Waals surface area contributed by atoms with Crippen LogP contribution in [0.2, 0.25) is 0 Å². The topological polar surface area (TPSA) is 30.5 Å². The first-order valence-corrected chi connectivity index (χ1v) is 6.60. The second-order valence-electron chi connectivity index (χ2n) is 4.55. The average Bonchev–Trinajstić information content (AvgIpc) is 2.42. The van der Waals surface area contributed by atoms with Crippen LogP contribution in [-0.2, 0) is 6.54 Å². The van der Waals surface area contributed by atoms with Gasteiger partial charge in [0.05, 0.1) is 13.7 Å². The van der Waals surface area contributed by atoms with Crippen LogP contribution in [0.25, 0.3) is 0 Å². The van der Waals surface area contributed by atoms with Crippen LogP contribution in [0.5, 0.6) is 11.5 Å². The van der Waals surface area contributed by atoms with Crippen molar-refractivity contribution in [2.45, 2.75) is 39.8 Å². The summed E-state index contributed by atoms with van der Waals surface area (Å²) in [6.07, 6.45) is 0.732. The Hall–Kier alpha value is -1.66. The fourth-order valence-electron chi connectivity index (χ4n) is 1.60. The summed E-state index contributed by atoms with van der Waals surface area (Å²) < 4.78 is 11.0. The first-order valence-electron chi connectivity index (χ1n) is 6.60. The molecule has 1 N–H and O–H groups in total. The Kier molecular flexibility index (Phi) is 6.84. The highest BCUT2D eigenvalue weighted by Gasteiger charge is 2.05. The van der Waals surface area contributed by atoms with E-state index in [0.29, 0.717) is 12.6 Å². The van der Waals surface area contributed by atoms with Gasteiger partial charge in [0.15, 0.2) is 11.5 Å². The van der Waals surface area contributed by atoms with Gasteiger partial charge in [0.25, 0.3) is 0 Å². The van der Waals surface area contributed by atoms with Gasteiger partial charge in [-0.25, -0.2) is 0 Å². The summed E-state index contributed by atoms with van der Waals surface area (Å²) >= 11 is 0. The standard InChI is InChI=1S/C16H23NO2/c1-5-6-7-10-19-15-9-8-14(11-16(15)18-4)12-17-13(2)3/h8-9,11,13,17H,7,10,12H2,1-4H3. The van der Waals surface area contributed by atoms with E-state index < -0.39 is 0 Å². The van der Waals surface area contributed by atoms with E-state index in [1.165, 1.54) is 5.56 Å². The monoisotopic (exact) mass is 261 g/mol. The molecule has 0 aliphatic carbocycles. The molecule has 0 spiro atoms. The van der Waals surface area contributed by atoms with Crippen LogP contribution in [0.15, 0.2) is 18.2 Å². The minimum Gasteiger partial charge on any atom is -0.493 e. The van der Waals surface area contributed by atoms with Crippen molar-refractivity contribution in [2.75, 3.05) is 13.7 Å². The highest BCUT2D eigenvalue weighted by molar-refractivity contribution is 5.43. The van der Waals surface area contributed by atoms with Gasteiger partial charge in [0, 0.05) is 19.0 Å². The molecule has 0 unspecified atom stereocenters. The molecule has 3 nitrogen and oxygen atoms in total. The fraction of sp³-hybridized carbons (Fsp3) is 0.500. The second kappa shape index (κ2) is 8.44. The predicted molar refractivity (Wildman–Crippen MR) is 78.5 cm³/mol. The maximum Gasteiger partial charge on any atom is 0.161 e. The van der Waals surface area contributed by atoms with E-state index in [9.17, 15) is 0 Å². The average molecular weight is 261 g/mol. The first kappa shape index (κ1) is 15.4. The molecule has 1 aromatic carbocycles. The van der Waals surface area contributed by atoms with Gasteiger partial charge in [-0.1, -0.05) is 19.9 Å². The molecule has 0 aliphatic heterocycles. The van der Waals surface area contributed by atoms with Gasteiger partial charge < -0.3 is 14.8 Å². The van der Waals surface area contributed by atoms with Crippen LogP contribution in [0.4, 0.5) is 0 Å². The third kappa shape index (κ3) is 5.67. The number of hydrogen-bond acceptors (Lipinski definition) is 3. The normalized spacial score (nSPS) is 9.95. The Morgan fingerprint density at radius 2 is 2.05 bits per heavy atom. The molecule has 0 saturated carbocycles. The SMILES string of the molecule is CC#CCCOc1ccc(CNC(C)C)cc1OC. The summed E-state index contributed by atoms with van der Waals surface area (Å²) in [5.74, 6) is 7.37. The lowest BCUT2D eigenvalue weighted by Crippen LogP contribution is -2.21. The summed E-state index contributed by atoms with van der Waals surface area (Å²) in [5, 5.41) is 3.38. The first-order chi connectivity index (χ1) is 9.17. The lowest BCUT2D eigenvalue weighted by Gasteiger charge is -2.13. The molecule has 19 heavy (non-hydrogen) atoms. The van der Waals surface area contributed by atoms with Gasteiger partial charge in [-0.3, -0.25) is 0 Å².